The van der Waals surface area contributed by atoms with Gasteiger partial charge in [-0.25, -0.2) is 4.79 Å². The Morgan fingerprint density at radius 1 is 1.11 bits per heavy atom. The summed E-state index contributed by atoms with van der Waals surface area (Å²) in [5.41, 5.74) is 1.88. The highest BCUT2D eigenvalue weighted by molar-refractivity contribution is 5.94. The van der Waals surface area contributed by atoms with Gasteiger partial charge >= 0.3 is 5.97 Å². The molecule has 0 radical (unpaired) electrons. The first kappa shape index (κ1) is 18.2. The fraction of sp³-hybridized carbons (Fsp3) is 0.333. The van der Waals surface area contributed by atoms with E-state index in [4.69, 9.17) is 4.74 Å². The van der Waals surface area contributed by atoms with E-state index in [0.29, 0.717) is 44.3 Å². The molecule has 1 fully saturated rings. The van der Waals surface area contributed by atoms with Crippen LogP contribution in [0.1, 0.15) is 40.7 Å². The van der Waals surface area contributed by atoms with Gasteiger partial charge in [0.1, 0.15) is 5.60 Å². The highest BCUT2D eigenvalue weighted by Gasteiger charge is 2.47. The highest BCUT2D eigenvalue weighted by Crippen LogP contribution is 2.44. The zero-order valence-electron chi connectivity index (χ0n) is 15.3. The molecule has 0 unspecified atom stereocenters. The van der Waals surface area contributed by atoms with Gasteiger partial charge in [0.25, 0.3) is 5.69 Å². The van der Waals surface area contributed by atoms with Crippen LogP contribution in [0.4, 0.5) is 5.69 Å². The summed E-state index contributed by atoms with van der Waals surface area (Å²) in [6, 6.07) is 13.7. The van der Waals surface area contributed by atoms with Crippen molar-refractivity contribution in [1.29, 1.82) is 0 Å². The number of nitro benzene ring substituents is 1. The number of hydrogen-bond donors (Lipinski definition) is 0. The fourth-order valence-electron chi connectivity index (χ4n) is 4.03. The standard InChI is InChI=1S/C21H20N2O5/c24-19(10-7-15-5-8-16(9-6-15)23(26)27)22-13-11-21(12-14-22)18-4-2-1-3-17(18)20(25)28-21/h1-6,8-9H,7,10-14H2. The van der Waals surface area contributed by atoms with Crippen molar-refractivity contribution in [3.05, 3.63) is 75.3 Å². The average Bonchev–Trinajstić information content (AvgIpc) is 2.99. The van der Waals surface area contributed by atoms with Gasteiger partial charge in [0, 0.05) is 50.0 Å². The van der Waals surface area contributed by atoms with Gasteiger partial charge in [-0.15, -0.1) is 0 Å². The van der Waals surface area contributed by atoms with Gasteiger partial charge < -0.3 is 9.64 Å². The molecule has 1 saturated heterocycles. The SMILES string of the molecule is O=C1OC2(CCN(C(=O)CCc3ccc([N+](=O)[O-])cc3)CC2)c2ccccc21. The number of likely N-dealkylation sites (tertiary alicyclic amines) is 1. The Morgan fingerprint density at radius 3 is 2.46 bits per heavy atom. The van der Waals surface area contributed by atoms with Gasteiger partial charge in [-0.3, -0.25) is 14.9 Å². The summed E-state index contributed by atoms with van der Waals surface area (Å²) in [7, 11) is 0. The lowest BCUT2D eigenvalue weighted by Gasteiger charge is -2.38. The average molecular weight is 380 g/mol. The van der Waals surface area contributed by atoms with Crippen molar-refractivity contribution < 1.29 is 19.2 Å². The van der Waals surface area contributed by atoms with E-state index in [-0.39, 0.29) is 17.6 Å². The lowest BCUT2D eigenvalue weighted by Crippen LogP contribution is -2.45. The number of carbonyl (C=O) groups excluding carboxylic acids is 2. The van der Waals surface area contributed by atoms with E-state index in [1.165, 1.54) is 12.1 Å². The lowest BCUT2D eigenvalue weighted by molar-refractivity contribution is -0.384. The summed E-state index contributed by atoms with van der Waals surface area (Å²) in [4.78, 5) is 36.8. The Hall–Kier alpha value is -3.22. The van der Waals surface area contributed by atoms with Crippen LogP contribution < -0.4 is 0 Å². The molecular weight excluding hydrogens is 360 g/mol. The first-order chi connectivity index (χ1) is 13.5. The molecule has 0 bridgehead atoms. The Labute approximate surface area is 162 Å². The Balaban J connectivity index is 1.35. The van der Waals surface area contributed by atoms with Crippen LogP contribution in [0, 0.1) is 10.1 Å². The minimum Gasteiger partial charge on any atom is -0.450 e. The molecule has 0 saturated carbocycles. The minimum atomic E-state index is -0.608. The number of nitro groups is 1. The van der Waals surface area contributed by atoms with Crippen LogP contribution in [0.3, 0.4) is 0 Å². The van der Waals surface area contributed by atoms with Crippen molar-refractivity contribution >= 4 is 17.6 Å². The van der Waals surface area contributed by atoms with Crippen molar-refractivity contribution in [1.82, 2.24) is 4.90 Å². The van der Waals surface area contributed by atoms with Crippen LogP contribution in [0.15, 0.2) is 48.5 Å². The summed E-state index contributed by atoms with van der Waals surface area (Å²) in [6.45, 7) is 1.08. The third kappa shape index (κ3) is 3.24. The van der Waals surface area contributed by atoms with Crippen LogP contribution in [-0.2, 0) is 21.6 Å². The molecule has 1 amide bonds. The van der Waals surface area contributed by atoms with Crippen LogP contribution in [0.2, 0.25) is 0 Å². The summed E-state index contributed by atoms with van der Waals surface area (Å²) in [5.74, 6) is -0.237. The van der Waals surface area contributed by atoms with E-state index in [2.05, 4.69) is 0 Å². The van der Waals surface area contributed by atoms with Crippen molar-refractivity contribution in [3.63, 3.8) is 0 Å². The number of rotatable bonds is 4. The van der Waals surface area contributed by atoms with Gasteiger partial charge in [0.05, 0.1) is 10.5 Å². The Bertz CT molecular complexity index is 930. The van der Waals surface area contributed by atoms with Crippen LogP contribution >= 0.6 is 0 Å². The number of ether oxygens (including phenoxy) is 1. The van der Waals surface area contributed by atoms with Crippen molar-refractivity contribution in [2.75, 3.05) is 13.1 Å². The lowest BCUT2D eigenvalue weighted by atomic mass is 9.83. The molecule has 144 valence electrons. The van der Waals surface area contributed by atoms with Gasteiger partial charge in [-0.2, -0.15) is 0 Å². The number of carbonyl (C=O) groups is 2. The van der Waals surface area contributed by atoms with E-state index >= 15 is 0 Å². The minimum absolute atomic E-state index is 0.0443. The largest absolute Gasteiger partial charge is 0.450 e. The van der Waals surface area contributed by atoms with Gasteiger partial charge in [-0.1, -0.05) is 30.3 Å². The summed E-state index contributed by atoms with van der Waals surface area (Å²) in [5, 5.41) is 10.7. The number of non-ortho nitro benzene ring substituents is 1. The van der Waals surface area contributed by atoms with E-state index < -0.39 is 10.5 Å². The normalized spacial score (nSPS) is 17.3. The van der Waals surface area contributed by atoms with Crippen molar-refractivity contribution in [3.8, 4) is 0 Å². The van der Waals surface area contributed by atoms with Crippen molar-refractivity contribution in [2.24, 2.45) is 0 Å². The number of esters is 1. The third-order valence-corrected chi connectivity index (χ3v) is 5.62. The first-order valence-corrected chi connectivity index (χ1v) is 9.32. The monoisotopic (exact) mass is 380 g/mol. The smallest absolute Gasteiger partial charge is 0.339 e. The molecule has 28 heavy (non-hydrogen) atoms. The van der Waals surface area contributed by atoms with Crippen molar-refractivity contribution in [2.45, 2.75) is 31.3 Å². The van der Waals surface area contributed by atoms with Crippen LogP contribution in [0.5, 0.6) is 0 Å². The van der Waals surface area contributed by atoms with E-state index in [9.17, 15) is 19.7 Å². The van der Waals surface area contributed by atoms with Crippen LogP contribution in [0.25, 0.3) is 0 Å². The maximum absolute atomic E-state index is 12.6. The molecule has 1 spiro atoms. The highest BCUT2D eigenvalue weighted by atomic mass is 16.6. The van der Waals surface area contributed by atoms with Gasteiger partial charge in [0.2, 0.25) is 5.91 Å². The Kier molecular flexibility index (Phi) is 4.58. The second-order valence-corrected chi connectivity index (χ2v) is 7.23. The zero-order chi connectivity index (χ0) is 19.7. The molecule has 0 N–H and O–H groups in total. The zero-order valence-corrected chi connectivity index (χ0v) is 15.3. The molecule has 2 heterocycles. The van der Waals surface area contributed by atoms with Crippen LogP contribution in [-0.4, -0.2) is 34.8 Å². The predicted molar refractivity (Wildman–Crippen MR) is 101 cm³/mol. The molecule has 0 aliphatic carbocycles. The van der Waals surface area contributed by atoms with E-state index in [0.717, 1.165) is 11.1 Å². The first-order valence-electron chi connectivity index (χ1n) is 9.32. The maximum atomic E-state index is 12.6. The number of hydrogen-bond acceptors (Lipinski definition) is 5. The summed E-state index contributed by atoms with van der Waals surface area (Å²) in [6.07, 6.45) is 2.08. The molecule has 2 aliphatic rings. The number of nitrogens with zero attached hydrogens (tertiary/aromatic N) is 2. The number of amides is 1. The second kappa shape index (κ2) is 7.07. The fourth-order valence-corrected chi connectivity index (χ4v) is 4.03. The summed E-state index contributed by atoms with van der Waals surface area (Å²) >= 11 is 0. The third-order valence-electron chi connectivity index (χ3n) is 5.62. The molecule has 7 heteroatoms. The molecule has 7 nitrogen and oxygen atoms in total. The number of fused-ring (bicyclic) bond motifs is 2. The van der Waals surface area contributed by atoms with Gasteiger partial charge in [-0.05, 0) is 18.1 Å². The molecule has 2 aromatic carbocycles. The quantitative estimate of drug-likeness (QED) is 0.462. The predicted octanol–water partition coefficient (Wildman–Crippen LogP) is 3.22. The second-order valence-electron chi connectivity index (χ2n) is 7.23. The molecule has 2 aliphatic heterocycles. The molecule has 0 atom stereocenters. The number of piperidine rings is 1. The molecular formula is C21H20N2O5. The number of benzene rings is 2. The van der Waals surface area contributed by atoms with Gasteiger partial charge in [0.15, 0.2) is 0 Å². The molecule has 0 aromatic heterocycles. The Morgan fingerprint density at radius 2 is 1.79 bits per heavy atom. The topological polar surface area (TPSA) is 89.8 Å². The maximum Gasteiger partial charge on any atom is 0.339 e. The van der Waals surface area contributed by atoms with E-state index in [1.54, 1.807) is 18.2 Å². The molecule has 2 aromatic rings. The molecule has 4 rings (SSSR count). The van der Waals surface area contributed by atoms with E-state index in [1.807, 2.05) is 23.1 Å². The number of aryl methyl sites for hydroxylation is 1. The summed E-state index contributed by atoms with van der Waals surface area (Å²) < 4.78 is 5.72.